The van der Waals surface area contributed by atoms with E-state index in [9.17, 15) is 4.79 Å². The topological polar surface area (TPSA) is 52.1 Å². The maximum Gasteiger partial charge on any atom is 0.363 e. The zero-order valence-corrected chi connectivity index (χ0v) is 10.6. The molecular weight excluding hydrogens is 228 g/mol. The Morgan fingerprint density at radius 3 is 2.28 bits per heavy atom. The summed E-state index contributed by atoms with van der Waals surface area (Å²) >= 11 is 0. The van der Waals surface area contributed by atoms with E-state index in [1.165, 1.54) is 6.20 Å². The number of carbonyl (C=O) groups excluding carboxylic acids is 1. The van der Waals surface area contributed by atoms with E-state index in [4.69, 9.17) is 4.74 Å². The van der Waals surface area contributed by atoms with Gasteiger partial charge in [0.2, 0.25) is 0 Å². The van der Waals surface area contributed by atoms with Crippen LogP contribution < -0.4 is 4.74 Å². The molecule has 0 atom stereocenters. The van der Waals surface area contributed by atoms with Gasteiger partial charge in [-0.25, -0.2) is 9.78 Å². The summed E-state index contributed by atoms with van der Waals surface area (Å²) in [6.07, 6.45) is 2.96. The maximum absolute atomic E-state index is 11.9. The molecule has 4 nitrogen and oxygen atoms in total. The Hall–Kier alpha value is -2.23. The minimum absolute atomic E-state index is 0.211. The zero-order valence-electron chi connectivity index (χ0n) is 10.6. The summed E-state index contributed by atoms with van der Waals surface area (Å²) in [5, 5.41) is 0. The standard InChI is InChI=1S/C14H14N2O2/c1-9-5-4-6-10(2)13(9)18-14(17)12-8-15-11(3)7-16-12/h4-8H,1-3H3. The predicted octanol–water partition coefficient (Wildman–Crippen LogP) is 2.62. The van der Waals surface area contributed by atoms with Crippen LogP contribution in [0.25, 0.3) is 0 Å². The molecule has 0 N–H and O–H groups in total. The Morgan fingerprint density at radius 1 is 1.06 bits per heavy atom. The molecule has 0 aliphatic rings. The molecule has 0 aliphatic heterocycles. The smallest absolute Gasteiger partial charge is 0.363 e. The largest absolute Gasteiger partial charge is 0.421 e. The number of aryl methyl sites for hydroxylation is 3. The van der Waals surface area contributed by atoms with Crippen LogP contribution in [0.5, 0.6) is 5.75 Å². The van der Waals surface area contributed by atoms with Gasteiger partial charge in [0.25, 0.3) is 0 Å². The third-order valence-electron chi connectivity index (χ3n) is 2.59. The highest BCUT2D eigenvalue weighted by molar-refractivity contribution is 5.89. The maximum atomic E-state index is 11.9. The molecule has 0 bridgehead atoms. The molecule has 0 unspecified atom stereocenters. The zero-order chi connectivity index (χ0) is 13.1. The van der Waals surface area contributed by atoms with Crippen molar-refractivity contribution >= 4 is 5.97 Å². The summed E-state index contributed by atoms with van der Waals surface area (Å²) in [5.41, 5.74) is 2.81. The Labute approximate surface area is 106 Å². The van der Waals surface area contributed by atoms with Crippen molar-refractivity contribution in [3.63, 3.8) is 0 Å². The number of benzene rings is 1. The molecule has 2 rings (SSSR count). The van der Waals surface area contributed by atoms with Gasteiger partial charge in [-0.15, -0.1) is 0 Å². The first-order valence-corrected chi connectivity index (χ1v) is 5.65. The lowest BCUT2D eigenvalue weighted by Gasteiger charge is -2.09. The van der Waals surface area contributed by atoms with Crippen LogP contribution in [0.1, 0.15) is 27.3 Å². The van der Waals surface area contributed by atoms with Gasteiger partial charge in [0.1, 0.15) is 5.75 Å². The molecule has 0 spiro atoms. The van der Waals surface area contributed by atoms with Gasteiger partial charge in [-0.2, -0.15) is 0 Å². The summed E-state index contributed by atoms with van der Waals surface area (Å²) < 4.78 is 5.36. The van der Waals surface area contributed by atoms with Crippen LogP contribution in [-0.2, 0) is 0 Å². The number of carbonyl (C=O) groups is 1. The third-order valence-corrected chi connectivity index (χ3v) is 2.59. The number of ether oxygens (including phenoxy) is 1. The molecule has 0 aliphatic carbocycles. The van der Waals surface area contributed by atoms with Gasteiger partial charge in [-0.3, -0.25) is 4.98 Å². The molecule has 1 heterocycles. The first-order valence-electron chi connectivity index (χ1n) is 5.65. The van der Waals surface area contributed by atoms with Crippen molar-refractivity contribution < 1.29 is 9.53 Å². The molecule has 0 saturated carbocycles. The van der Waals surface area contributed by atoms with E-state index >= 15 is 0 Å². The van der Waals surface area contributed by atoms with Gasteiger partial charge in [0.15, 0.2) is 5.69 Å². The van der Waals surface area contributed by atoms with Gasteiger partial charge in [-0.05, 0) is 31.9 Å². The van der Waals surface area contributed by atoms with E-state index in [-0.39, 0.29) is 5.69 Å². The van der Waals surface area contributed by atoms with E-state index in [2.05, 4.69) is 9.97 Å². The van der Waals surface area contributed by atoms with E-state index in [0.29, 0.717) is 5.75 Å². The van der Waals surface area contributed by atoms with E-state index in [0.717, 1.165) is 16.8 Å². The van der Waals surface area contributed by atoms with Gasteiger partial charge < -0.3 is 4.74 Å². The molecule has 92 valence electrons. The van der Waals surface area contributed by atoms with Gasteiger partial charge in [0, 0.05) is 6.20 Å². The number of aromatic nitrogens is 2. The van der Waals surface area contributed by atoms with Gasteiger partial charge >= 0.3 is 5.97 Å². The molecule has 2 aromatic rings. The molecular formula is C14H14N2O2. The molecule has 0 amide bonds. The van der Waals surface area contributed by atoms with E-state index in [1.54, 1.807) is 6.20 Å². The summed E-state index contributed by atoms with van der Waals surface area (Å²) in [5.74, 6) is 0.102. The van der Waals surface area contributed by atoms with Crippen molar-refractivity contribution in [3.05, 3.63) is 53.1 Å². The second kappa shape index (κ2) is 4.96. The van der Waals surface area contributed by atoms with Crippen molar-refractivity contribution in [2.75, 3.05) is 0 Å². The molecule has 18 heavy (non-hydrogen) atoms. The van der Waals surface area contributed by atoms with E-state index < -0.39 is 5.97 Å². The summed E-state index contributed by atoms with van der Waals surface area (Å²) in [6.45, 7) is 5.61. The second-order valence-electron chi connectivity index (χ2n) is 4.15. The Balaban J connectivity index is 2.24. The first-order chi connectivity index (χ1) is 8.58. The number of hydrogen-bond donors (Lipinski definition) is 0. The fraction of sp³-hybridized carbons (Fsp3) is 0.214. The average Bonchev–Trinajstić information content (AvgIpc) is 2.34. The summed E-state index contributed by atoms with van der Waals surface area (Å²) in [7, 11) is 0. The van der Waals surface area contributed by atoms with Crippen LogP contribution in [0.15, 0.2) is 30.6 Å². The van der Waals surface area contributed by atoms with Crippen LogP contribution in [0, 0.1) is 20.8 Å². The highest BCUT2D eigenvalue weighted by Gasteiger charge is 2.13. The van der Waals surface area contributed by atoms with Crippen LogP contribution in [0.4, 0.5) is 0 Å². The molecule has 4 heteroatoms. The Kier molecular flexibility index (Phi) is 3.37. The average molecular weight is 242 g/mol. The van der Waals surface area contributed by atoms with Gasteiger partial charge in [-0.1, -0.05) is 18.2 Å². The number of para-hydroxylation sites is 1. The fourth-order valence-corrected chi connectivity index (χ4v) is 1.60. The van der Waals surface area contributed by atoms with Crippen LogP contribution >= 0.6 is 0 Å². The quantitative estimate of drug-likeness (QED) is 0.600. The minimum atomic E-state index is -0.486. The third kappa shape index (κ3) is 2.53. The molecule has 0 radical (unpaired) electrons. The first kappa shape index (κ1) is 12.2. The second-order valence-corrected chi connectivity index (χ2v) is 4.15. The number of esters is 1. The van der Waals surface area contributed by atoms with Crippen molar-refractivity contribution in [2.45, 2.75) is 20.8 Å². The number of nitrogens with zero attached hydrogens (tertiary/aromatic N) is 2. The van der Waals surface area contributed by atoms with Gasteiger partial charge in [0.05, 0.1) is 11.9 Å². The summed E-state index contributed by atoms with van der Waals surface area (Å²) in [4.78, 5) is 19.9. The summed E-state index contributed by atoms with van der Waals surface area (Å²) in [6, 6.07) is 5.72. The minimum Gasteiger partial charge on any atom is -0.421 e. The Bertz CT molecular complexity index is 557. The molecule has 0 fully saturated rings. The highest BCUT2D eigenvalue weighted by Crippen LogP contribution is 2.23. The van der Waals surface area contributed by atoms with E-state index in [1.807, 2.05) is 39.0 Å². The lowest BCUT2D eigenvalue weighted by molar-refractivity contribution is 0.0725. The fourth-order valence-electron chi connectivity index (χ4n) is 1.60. The Morgan fingerprint density at radius 2 is 1.72 bits per heavy atom. The SMILES string of the molecule is Cc1cnc(C(=O)Oc2c(C)cccc2C)cn1. The molecule has 1 aromatic heterocycles. The molecule has 0 saturated heterocycles. The lowest BCUT2D eigenvalue weighted by atomic mass is 10.1. The van der Waals surface area contributed by atoms with Crippen molar-refractivity contribution in [3.8, 4) is 5.75 Å². The normalized spacial score (nSPS) is 10.2. The highest BCUT2D eigenvalue weighted by atomic mass is 16.5. The van der Waals surface area contributed by atoms with Crippen molar-refractivity contribution in [1.82, 2.24) is 9.97 Å². The monoisotopic (exact) mass is 242 g/mol. The number of rotatable bonds is 2. The predicted molar refractivity (Wildman–Crippen MR) is 67.6 cm³/mol. The van der Waals surface area contributed by atoms with Crippen LogP contribution in [0.3, 0.4) is 0 Å². The number of hydrogen-bond acceptors (Lipinski definition) is 4. The van der Waals surface area contributed by atoms with Crippen molar-refractivity contribution in [2.24, 2.45) is 0 Å². The van der Waals surface area contributed by atoms with Crippen LogP contribution in [0.2, 0.25) is 0 Å². The van der Waals surface area contributed by atoms with Crippen LogP contribution in [-0.4, -0.2) is 15.9 Å². The lowest BCUT2D eigenvalue weighted by Crippen LogP contribution is -2.12. The van der Waals surface area contributed by atoms with Crippen molar-refractivity contribution in [1.29, 1.82) is 0 Å². The molecule has 1 aromatic carbocycles.